The zero-order valence-electron chi connectivity index (χ0n) is 10.5. The maximum Gasteiger partial charge on any atom is 0.338 e. The van der Waals surface area contributed by atoms with E-state index in [9.17, 15) is 4.79 Å². The Morgan fingerprint density at radius 3 is 2.62 bits per heavy atom. The molecule has 1 rings (SSSR count). The largest absolute Gasteiger partial charge is 0.462 e. The van der Waals surface area contributed by atoms with Crippen molar-refractivity contribution in [2.75, 3.05) is 6.61 Å². The zero-order chi connectivity index (χ0) is 12.1. The summed E-state index contributed by atoms with van der Waals surface area (Å²) in [5.74, 6) is 0.355. The van der Waals surface area contributed by atoms with Crippen molar-refractivity contribution in [2.24, 2.45) is 5.92 Å². The van der Waals surface area contributed by atoms with Gasteiger partial charge in [0.25, 0.3) is 0 Å². The molecule has 0 spiro atoms. The van der Waals surface area contributed by atoms with Gasteiger partial charge in [0.1, 0.15) is 0 Å². The number of ether oxygens (including phenoxy) is 1. The Labute approximate surface area is 97.6 Å². The molecule has 2 heteroatoms. The summed E-state index contributed by atoms with van der Waals surface area (Å²) in [6, 6.07) is 5.71. The Morgan fingerprint density at radius 1 is 1.31 bits per heavy atom. The summed E-state index contributed by atoms with van der Waals surface area (Å²) in [6.45, 7) is 8.69. The SMILES string of the molecule is Cc1cccc(C(=O)OCCC(C)C)c1C. The highest BCUT2D eigenvalue weighted by atomic mass is 16.5. The van der Waals surface area contributed by atoms with Crippen molar-refractivity contribution in [3.05, 3.63) is 34.9 Å². The Hall–Kier alpha value is -1.31. The van der Waals surface area contributed by atoms with Gasteiger partial charge in [0, 0.05) is 0 Å². The van der Waals surface area contributed by atoms with Crippen LogP contribution in [0.3, 0.4) is 0 Å². The normalized spacial score (nSPS) is 10.6. The third-order valence-corrected chi connectivity index (χ3v) is 2.75. The molecule has 0 aliphatic heterocycles. The lowest BCUT2D eigenvalue weighted by molar-refractivity contribution is 0.0487. The fourth-order valence-electron chi connectivity index (χ4n) is 1.44. The molecule has 0 fully saturated rings. The molecule has 1 aromatic rings. The van der Waals surface area contributed by atoms with Gasteiger partial charge in [0.2, 0.25) is 0 Å². The van der Waals surface area contributed by atoms with Crippen LogP contribution in [0.4, 0.5) is 0 Å². The third-order valence-electron chi connectivity index (χ3n) is 2.75. The molecular formula is C14H20O2. The van der Waals surface area contributed by atoms with Gasteiger partial charge < -0.3 is 4.74 Å². The lowest BCUT2D eigenvalue weighted by Crippen LogP contribution is -2.10. The van der Waals surface area contributed by atoms with E-state index in [2.05, 4.69) is 13.8 Å². The molecule has 0 saturated heterocycles. The van der Waals surface area contributed by atoms with Crippen LogP contribution < -0.4 is 0 Å². The number of hydrogen-bond donors (Lipinski definition) is 0. The Balaban J connectivity index is 2.63. The minimum atomic E-state index is -0.207. The Bertz CT molecular complexity index is 367. The molecule has 0 aliphatic carbocycles. The third kappa shape index (κ3) is 3.37. The molecule has 0 unspecified atom stereocenters. The molecule has 0 saturated carbocycles. The molecule has 0 heterocycles. The van der Waals surface area contributed by atoms with E-state index in [1.165, 1.54) is 0 Å². The van der Waals surface area contributed by atoms with Crippen LogP contribution in [-0.2, 0) is 4.74 Å². The number of rotatable bonds is 4. The molecule has 0 aromatic heterocycles. The van der Waals surface area contributed by atoms with Crippen molar-refractivity contribution in [3.8, 4) is 0 Å². The first-order valence-corrected chi connectivity index (χ1v) is 5.75. The van der Waals surface area contributed by atoms with Gasteiger partial charge in [-0.05, 0) is 43.4 Å². The highest BCUT2D eigenvalue weighted by Gasteiger charge is 2.11. The maximum atomic E-state index is 11.8. The van der Waals surface area contributed by atoms with Crippen molar-refractivity contribution in [1.29, 1.82) is 0 Å². The summed E-state index contributed by atoms with van der Waals surface area (Å²) in [6.07, 6.45) is 0.913. The van der Waals surface area contributed by atoms with E-state index in [1.54, 1.807) is 0 Å². The molecule has 0 aliphatic rings. The van der Waals surface area contributed by atoms with E-state index in [4.69, 9.17) is 4.74 Å². The van der Waals surface area contributed by atoms with Crippen LogP contribution in [0.1, 0.15) is 41.8 Å². The molecule has 16 heavy (non-hydrogen) atoms. The van der Waals surface area contributed by atoms with Crippen LogP contribution in [0.5, 0.6) is 0 Å². The van der Waals surface area contributed by atoms with E-state index in [0.717, 1.165) is 17.5 Å². The van der Waals surface area contributed by atoms with Gasteiger partial charge in [-0.2, -0.15) is 0 Å². The second kappa shape index (κ2) is 5.69. The number of aryl methyl sites for hydroxylation is 1. The fraction of sp³-hybridized carbons (Fsp3) is 0.500. The number of carbonyl (C=O) groups is 1. The maximum absolute atomic E-state index is 11.8. The monoisotopic (exact) mass is 220 g/mol. The van der Waals surface area contributed by atoms with Crippen LogP contribution in [0.25, 0.3) is 0 Å². The second-order valence-corrected chi connectivity index (χ2v) is 4.57. The highest BCUT2D eigenvalue weighted by molar-refractivity contribution is 5.91. The van der Waals surface area contributed by atoms with Gasteiger partial charge in [0.05, 0.1) is 12.2 Å². The molecular weight excluding hydrogens is 200 g/mol. The smallest absolute Gasteiger partial charge is 0.338 e. The predicted octanol–water partition coefficient (Wildman–Crippen LogP) is 3.51. The van der Waals surface area contributed by atoms with E-state index < -0.39 is 0 Å². The summed E-state index contributed by atoms with van der Waals surface area (Å²) in [5.41, 5.74) is 2.82. The Kier molecular flexibility index (Phi) is 4.53. The molecule has 0 N–H and O–H groups in total. The lowest BCUT2D eigenvalue weighted by atomic mass is 10.0. The van der Waals surface area contributed by atoms with Crippen LogP contribution in [-0.4, -0.2) is 12.6 Å². The summed E-state index contributed by atoms with van der Waals surface area (Å²) in [4.78, 5) is 11.8. The van der Waals surface area contributed by atoms with Crippen LogP contribution in [0.15, 0.2) is 18.2 Å². The summed E-state index contributed by atoms with van der Waals surface area (Å²) in [7, 11) is 0. The minimum Gasteiger partial charge on any atom is -0.462 e. The van der Waals surface area contributed by atoms with Crippen LogP contribution >= 0.6 is 0 Å². The van der Waals surface area contributed by atoms with Gasteiger partial charge in [0.15, 0.2) is 0 Å². The number of esters is 1. The second-order valence-electron chi connectivity index (χ2n) is 4.57. The van der Waals surface area contributed by atoms with Gasteiger partial charge in [-0.15, -0.1) is 0 Å². The molecule has 0 bridgehead atoms. The fourth-order valence-corrected chi connectivity index (χ4v) is 1.44. The van der Waals surface area contributed by atoms with Gasteiger partial charge in [-0.1, -0.05) is 26.0 Å². The minimum absolute atomic E-state index is 0.207. The van der Waals surface area contributed by atoms with Crippen molar-refractivity contribution in [3.63, 3.8) is 0 Å². The van der Waals surface area contributed by atoms with Crippen molar-refractivity contribution < 1.29 is 9.53 Å². The van der Waals surface area contributed by atoms with Gasteiger partial charge >= 0.3 is 5.97 Å². The lowest BCUT2D eigenvalue weighted by Gasteiger charge is -2.09. The molecule has 88 valence electrons. The number of hydrogen-bond acceptors (Lipinski definition) is 2. The first-order valence-electron chi connectivity index (χ1n) is 5.75. The molecule has 0 radical (unpaired) electrons. The highest BCUT2D eigenvalue weighted by Crippen LogP contribution is 2.14. The summed E-state index contributed by atoms with van der Waals surface area (Å²) < 4.78 is 5.24. The molecule has 0 amide bonds. The van der Waals surface area contributed by atoms with Crippen LogP contribution in [0, 0.1) is 19.8 Å². The molecule has 0 atom stereocenters. The number of carbonyl (C=O) groups excluding carboxylic acids is 1. The standard InChI is InChI=1S/C14H20O2/c1-10(2)8-9-16-14(15)13-7-5-6-11(3)12(13)4/h5-7,10H,8-9H2,1-4H3. The first kappa shape index (κ1) is 12.8. The van der Waals surface area contributed by atoms with Crippen LogP contribution in [0.2, 0.25) is 0 Å². The van der Waals surface area contributed by atoms with Gasteiger partial charge in [-0.3, -0.25) is 0 Å². The zero-order valence-corrected chi connectivity index (χ0v) is 10.5. The first-order chi connectivity index (χ1) is 7.52. The van der Waals surface area contributed by atoms with Crippen molar-refractivity contribution in [1.82, 2.24) is 0 Å². The number of benzene rings is 1. The van der Waals surface area contributed by atoms with Gasteiger partial charge in [-0.25, -0.2) is 4.79 Å². The topological polar surface area (TPSA) is 26.3 Å². The van der Waals surface area contributed by atoms with Crippen molar-refractivity contribution >= 4 is 5.97 Å². The van der Waals surface area contributed by atoms with E-state index in [0.29, 0.717) is 18.1 Å². The molecule has 1 aromatic carbocycles. The molecule has 2 nitrogen and oxygen atoms in total. The van der Waals surface area contributed by atoms with E-state index in [1.807, 2.05) is 32.0 Å². The summed E-state index contributed by atoms with van der Waals surface area (Å²) >= 11 is 0. The van der Waals surface area contributed by atoms with Crippen molar-refractivity contribution in [2.45, 2.75) is 34.1 Å². The quantitative estimate of drug-likeness (QED) is 0.726. The van der Waals surface area contributed by atoms with E-state index in [-0.39, 0.29) is 5.97 Å². The Morgan fingerprint density at radius 2 is 2.00 bits per heavy atom. The predicted molar refractivity (Wildman–Crippen MR) is 65.7 cm³/mol. The van der Waals surface area contributed by atoms with E-state index >= 15 is 0 Å². The average Bonchev–Trinajstić information content (AvgIpc) is 2.21. The summed E-state index contributed by atoms with van der Waals surface area (Å²) in [5, 5.41) is 0. The average molecular weight is 220 g/mol.